The van der Waals surface area contributed by atoms with Gasteiger partial charge in [-0.25, -0.2) is 4.98 Å². The topological polar surface area (TPSA) is 34.1 Å². The maximum atomic E-state index is 5.02. The molecule has 19 heavy (non-hydrogen) atoms. The van der Waals surface area contributed by atoms with Gasteiger partial charge in [-0.2, -0.15) is 0 Å². The quantitative estimate of drug-likeness (QED) is 0.823. The van der Waals surface area contributed by atoms with E-state index in [0.717, 1.165) is 30.4 Å². The molecular formula is C15H20N2OS. The number of nitrogens with one attached hydrogen (secondary N) is 1. The summed E-state index contributed by atoms with van der Waals surface area (Å²) in [7, 11) is 1.72. The van der Waals surface area contributed by atoms with Crippen LogP contribution < -0.4 is 5.32 Å². The zero-order valence-electron chi connectivity index (χ0n) is 11.7. The van der Waals surface area contributed by atoms with Crippen LogP contribution in [-0.4, -0.2) is 25.2 Å². The molecule has 1 N–H and O–H groups in total. The van der Waals surface area contributed by atoms with E-state index >= 15 is 0 Å². The Balaban J connectivity index is 2.05. The van der Waals surface area contributed by atoms with E-state index < -0.39 is 0 Å². The van der Waals surface area contributed by atoms with Crippen LogP contribution in [0.2, 0.25) is 0 Å². The fraction of sp³-hybridized carbons (Fsp3) is 0.400. The molecule has 1 aromatic heterocycles. The van der Waals surface area contributed by atoms with Gasteiger partial charge in [0.05, 0.1) is 12.3 Å². The highest BCUT2D eigenvalue weighted by Crippen LogP contribution is 2.27. The Morgan fingerprint density at radius 3 is 2.63 bits per heavy atom. The standard InChI is InChI=1S/C15H20N2OS/c1-11-4-6-13(7-5-11)15-17-12(2)14(19-15)10-16-8-9-18-3/h4-7,16H,8-10H2,1-3H3. The van der Waals surface area contributed by atoms with Crippen LogP contribution in [0.4, 0.5) is 0 Å². The predicted molar refractivity (Wildman–Crippen MR) is 80.6 cm³/mol. The number of benzene rings is 1. The second kappa shape index (κ2) is 6.80. The third-order valence-corrected chi connectivity index (χ3v) is 4.17. The first-order valence-corrected chi connectivity index (χ1v) is 7.25. The molecule has 0 bridgehead atoms. The van der Waals surface area contributed by atoms with Crippen molar-refractivity contribution in [2.75, 3.05) is 20.3 Å². The zero-order valence-corrected chi connectivity index (χ0v) is 12.5. The Bertz CT molecular complexity index is 519. The van der Waals surface area contributed by atoms with E-state index in [4.69, 9.17) is 4.74 Å². The molecule has 0 aliphatic carbocycles. The van der Waals surface area contributed by atoms with Crippen LogP contribution in [0, 0.1) is 13.8 Å². The minimum atomic E-state index is 0.739. The molecule has 0 amide bonds. The van der Waals surface area contributed by atoms with Gasteiger partial charge in [-0.05, 0) is 13.8 Å². The summed E-state index contributed by atoms with van der Waals surface area (Å²) < 4.78 is 5.02. The lowest BCUT2D eigenvalue weighted by Gasteiger charge is -2.01. The highest BCUT2D eigenvalue weighted by atomic mass is 32.1. The monoisotopic (exact) mass is 276 g/mol. The smallest absolute Gasteiger partial charge is 0.123 e. The molecule has 0 aliphatic rings. The van der Waals surface area contributed by atoms with Crippen molar-refractivity contribution in [1.29, 1.82) is 0 Å². The van der Waals surface area contributed by atoms with Gasteiger partial charge in [-0.1, -0.05) is 29.8 Å². The Kier molecular flexibility index (Phi) is 5.07. The van der Waals surface area contributed by atoms with Gasteiger partial charge in [-0.3, -0.25) is 0 Å². The van der Waals surface area contributed by atoms with Crippen molar-refractivity contribution in [3.63, 3.8) is 0 Å². The molecule has 0 aliphatic heterocycles. The van der Waals surface area contributed by atoms with Crippen LogP contribution in [0.3, 0.4) is 0 Å². The lowest BCUT2D eigenvalue weighted by Crippen LogP contribution is -2.18. The molecule has 0 saturated carbocycles. The number of aromatic nitrogens is 1. The third kappa shape index (κ3) is 3.86. The van der Waals surface area contributed by atoms with Crippen LogP contribution in [0.5, 0.6) is 0 Å². The largest absolute Gasteiger partial charge is 0.383 e. The van der Waals surface area contributed by atoms with Crippen LogP contribution in [0.25, 0.3) is 10.6 Å². The SMILES string of the molecule is COCCNCc1sc(-c2ccc(C)cc2)nc1C. The third-order valence-electron chi connectivity index (χ3n) is 2.96. The van der Waals surface area contributed by atoms with Crippen molar-refractivity contribution in [2.45, 2.75) is 20.4 Å². The van der Waals surface area contributed by atoms with Gasteiger partial charge in [-0.15, -0.1) is 11.3 Å². The molecule has 0 spiro atoms. The second-order valence-corrected chi connectivity index (χ2v) is 5.65. The molecule has 0 saturated heterocycles. The maximum absolute atomic E-state index is 5.02. The maximum Gasteiger partial charge on any atom is 0.123 e. The average molecular weight is 276 g/mol. The highest BCUT2D eigenvalue weighted by Gasteiger charge is 2.08. The van der Waals surface area contributed by atoms with E-state index in [1.807, 2.05) is 0 Å². The van der Waals surface area contributed by atoms with Crippen LogP contribution in [0.15, 0.2) is 24.3 Å². The van der Waals surface area contributed by atoms with Gasteiger partial charge in [0.1, 0.15) is 5.01 Å². The normalized spacial score (nSPS) is 10.9. The molecule has 3 nitrogen and oxygen atoms in total. The second-order valence-electron chi connectivity index (χ2n) is 4.56. The minimum Gasteiger partial charge on any atom is -0.383 e. The van der Waals surface area contributed by atoms with Crippen LogP contribution >= 0.6 is 11.3 Å². The molecule has 4 heteroatoms. The number of hydrogen-bond acceptors (Lipinski definition) is 4. The first-order chi connectivity index (χ1) is 9.20. The van der Waals surface area contributed by atoms with Crippen LogP contribution in [0.1, 0.15) is 16.1 Å². The molecule has 1 aromatic carbocycles. The number of nitrogens with zero attached hydrogens (tertiary/aromatic N) is 1. The summed E-state index contributed by atoms with van der Waals surface area (Å²) in [5.74, 6) is 0. The Morgan fingerprint density at radius 2 is 1.95 bits per heavy atom. The van der Waals surface area contributed by atoms with E-state index in [2.05, 4.69) is 48.4 Å². The van der Waals surface area contributed by atoms with Gasteiger partial charge >= 0.3 is 0 Å². The molecular weight excluding hydrogens is 256 g/mol. The fourth-order valence-electron chi connectivity index (χ4n) is 1.79. The molecule has 0 atom stereocenters. The number of rotatable bonds is 6. The summed E-state index contributed by atoms with van der Waals surface area (Å²) in [6.07, 6.45) is 0. The van der Waals surface area contributed by atoms with E-state index in [-0.39, 0.29) is 0 Å². The molecule has 0 fully saturated rings. The molecule has 0 unspecified atom stereocenters. The number of hydrogen-bond donors (Lipinski definition) is 1. The van der Waals surface area contributed by atoms with Crippen molar-refractivity contribution in [2.24, 2.45) is 0 Å². The molecule has 2 rings (SSSR count). The summed E-state index contributed by atoms with van der Waals surface area (Å²) in [6, 6.07) is 8.52. The van der Waals surface area contributed by atoms with Crippen molar-refractivity contribution >= 4 is 11.3 Å². The molecule has 1 heterocycles. The van der Waals surface area contributed by atoms with Crippen molar-refractivity contribution < 1.29 is 4.74 Å². The van der Waals surface area contributed by atoms with Gasteiger partial charge in [0.2, 0.25) is 0 Å². The van der Waals surface area contributed by atoms with Crippen molar-refractivity contribution in [3.8, 4) is 10.6 Å². The van der Waals surface area contributed by atoms with Gasteiger partial charge in [0.15, 0.2) is 0 Å². The molecule has 2 aromatic rings. The van der Waals surface area contributed by atoms with Crippen molar-refractivity contribution in [3.05, 3.63) is 40.4 Å². The summed E-state index contributed by atoms with van der Waals surface area (Å²) in [6.45, 7) is 6.64. The Labute approximate surface area is 118 Å². The van der Waals surface area contributed by atoms with E-state index in [9.17, 15) is 0 Å². The van der Waals surface area contributed by atoms with Crippen LogP contribution in [-0.2, 0) is 11.3 Å². The Morgan fingerprint density at radius 1 is 1.21 bits per heavy atom. The van der Waals surface area contributed by atoms with Gasteiger partial charge in [0.25, 0.3) is 0 Å². The summed E-state index contributed by atoms with van der Waals surface area (Å²) >= 11 is 1.76. The zero-order chi connectivity index (χ0) is 13.7. The lowest BCUT2D eigenvalue weighted by molar-refractivity contribution is 0.199. The first-order valence-electron chi connectivity index (χ1n) is 6.43. The number of ether oxygens (including phenoxy) is 1. The summed E-state index contributed by atoms with van der Waals surface area (Å²) in [5, 5.41) is 4.46. The summed E-state index contributed by atoms with van der Waals surface area (Å²) in [5.41, 5.74) is 3.59. The lowest BCUT2D eigenvalue weighted by atomic mass is 10.2. The highest BCUT2D eigenvalue weighted by molar-refractivity contribution is 7.15. The van der Waals surface area contributed by atoms with Gasteiger partial charge in [0, 0.05) is 30.6 Å². The minimum absolute atomic E-state index is 0.739. The van der Waals surface area contributed by atoms with E-state index in [0.29, 0.717) is 0 Å². The Hall–Kier alpha value is -1.23. The summed E-state index contributed by atoms with van der Waals surface area (Å²) in [4.78, 5) is 5.95. The predicted octanol–water partition coefficient (Wildman–Crippen LogP) is 3.16. The van der Waals surface area contributed by atoms with E-state index in [1.165, 1.54) is 16.0 Å². The first kappa shape index (κ1) is 14.2. The van der Waals surface area contributed by atoms with Gasteiger partial charge < -0.3 is 10.1 Å². The average Bonchev–Trinajstić information content (AvgIpc) is 2.77. The number of methoxy groups -OCH3 is 1. The molecule has 102 valence electrons. The van der Waals surface area contributed by atoms with E-state index in [1.54, 1.807) is 18.4 Å². The van der Waals surface area contributed by atoms with Crippen molar-refractivity contribution in [1.82, 2.24) is 10.3 Å². The fourth-order valence-corrected chi connectivity index (χ4v) is 2.83. The number of thiazole rings is 1. The number of aryl methyl sites for hydroxylation is 2. The molecule has 0 radical (unpaired) electrons.